The second-order valence-electron chi connectivity index (χ2n) is 7.71. The smallest absolute Gasteiger partial charge is 0.244 e. The van der Waals surface area contributed by atoms with Crippen LogP contribution in [0.3, 0.4) is 0 Å². The van der Waals surface area contributed by atoms with Gasteiger partial charge < -0.3 is 10.1 Å². The number of benzene rings is 1. The maximum Gasteiger partial charge on any atom is 0.244 e. The summed E-state index contributed by atoms with van der Waals surface area (Å²) in [6.07, 6.45) is 12.6. The minimum atomic E-state index is -0.0683. The Balaban J connectivity index is 1.50. The summed E-state index contributed by atoms with van der Waals surface area (Å²) >= 11 is 0. The number of carbonyl (C=O) groups excluding carboxylic acids is 1. The quantitative estimate of drug-likeness (QED) is 0.188. The molecule has 0 unspecified atom stereocenters. The van der Waals surface area contributed by atoms with E-state index >= 15 is 0 Å². The Morgan fingerprint density at radius 2 is 1.83 bits per heavy atom. The van der Waals surface area contributed by atoms with Crippen molar-refractivity contribution in [2.24, 2.45) is 0 Å². The fourth-order valence-corrected chi connectivity index (χ4v) is 3.01. The number of pyridine rings is 1. The first-order chi connectivity index (χ1) is 14.5. The molecule has 4 heteroatoms. The van der Waals surface area contributed by atoms with Crippen LogP contribution < -0.4 is 10.1 Å². The number of allylic oxidation sites excluding steroid dienone is 3. The molecule has 0 saturated carbocycles. The number of hydrogen-bond donors (Lipinski definition) is 1. The molecule has 1 aromatic carbocycles. The van der Waals surface area contributed by atoms with Crippen molar-refractivity contribution in [3.05, 3.63) is 72.4 Å². The average molecular weight is 407 g/mol. The molecule has 0 aliphatic heterocycles. The van der Waals surface area contributed by atoms with E-state index in [4.69, 9.17) is 4.74 Å². The number of fused-ring (bicyclic) bond motifs is 1. The highest BCUT2D eigenvalue weighted by Gasteiger charge is 1.99. The van der Waals surface area contributed by atoms with Crippen molar-refractivity contribution in [1.29, 1.82) is 0 Å². The first-order valence-electron chi connectivity index (χ1n) is 10.8. The van der Waals surface area contributed by atoms with E-state index in [-0.39, 0.29) is 5.91 Å². The van der Waals surface area contributed by atoms with Gasteiger partial charge in [-0.3, -0.25) is 4.79 Å². The Labute approximate surface area is 180 Å². The highest BCUT2D eigenvalue weighted by Crippen LogP contribution is 2.16. The highest BCUT2D eigenvalue weighted by atomic mass is 16.5. The molecule has 160 valence electrons. The van der Waals surface area contributed by atoms with Crippen molar-refractivity contribution in [2.75, 3.05) is 13.2 Å². The predicted molar refractivity (Wildman–Crippen MR) is 126 cm³/mol. The van der Waals surface area contributed by atoms with Crippen molar-refractivity contribution in [3.8, 4) is 5.88 Å². The van der Waals surface area contributed by atoms with Gasteiger partial charge in [0.2, 0.25) is 11.8 Å². The van der Waals surface area contributed by atoms with Gasteiger partial charge in [-0.25, -0.2) is 4.98 Å². The third-order valence-electron chi connectivity index (χ3n) is 4.64. The maximum absolute atomic E-state index is 11.7. The van der Waals surface area contributed by atoms with Crippen molar-refractivity contribution in [1.82, 2.24) is 10.3 Å². The molecule has 1 amide bonds. The zero-order valence-corrected chi connectivity index (χ0v) is 18.3. The molecular weight excluding hydrogens is 372 g/mol. The number of rotatable bonds is 13. The summed E-state index contributed by atoms with van der Waals surface area (Å²) in [6, 6.07) is 12.1. The summed E-state index contributed by atoms with van der Waals surface area (Å²) in [5, 5.41) is 3.94. The molecule has 0 atom stereocenters. The molecule has 30 heavy (non-hydrogen) atoms. The Kier molecular flexibility index (Phi) is 10.4. The summed E-state index contributed by atoms with van der Waals surface area (Å²) in [7, 11) is 0. The molecule has 0 bridgehead atoms. The molecule has 2 rings (SSSR count). The number of nitrogens with one attached hydrogen (secondary N) is 1. The van der Waals surface area contributed by atoms with Crippen LogP contribution >= 0.6 is 0 Å². The second kappa shape index (κ2) is 13.4. The second-order valence-corrected chi connectivity index (χ2v) is 7.71. The van der Waals surface area contributed by atoms with Gasteiger partial charge in [0, 0.05) is 24.1 Å². The molecule has 0 saturated heterocycles. The molecule has 0 spiro atoms. The monoisotopic (exact) mass is 406 g/mol. The van der Waals surface area contributed by atoms with Crippen LogP contribution in [0.5, 0.6) is 5.88 Å². The fraction of sp³-hybridized carbons (Fsp3) is 0.385. The van der Waals surface area contributed by atoms with Crippen molar-refractivity contribution in [2.45, 2.75) is 52.4 Å². The van der Waals surface area contributed by atoms with Crippen LogP contribution in [0.2, 0.25) is 0 Å². The van der Waals surface area contributed by atoms with Crippen molar-refractivity contribution in [3.63, 3.8) is 0 Å². The molecule has 1 N–H and O–H groups in total. The zero-order valence-electron chi connectivity index (χ0n) is 18.3. The SMILES string of the molecule is C=C(C)CNC(=O)C=C(C)C=CCCCCCCCOc1ccc2ccccc2n1. The fourth-order valence-electron chi connectivity index (χ4n) is 3.01. The third kappa shape index (κ3) is 9.55. The Hall–Kier alpha value is -2.88. The highest BCUT2D eigenvalue weighted by molar-refractivity contribution is 5.88. The summed E-state index contributed by atoms with van der Waals surface area (Å²) in [6.45, 7) is 8.85. The largest absolute Gasteiger partial charge is 0.478 e. The summed E-state index contributed by atoms with van der Waals surface area (Å²) < 4.78 is 5.78. The van der Waals surface area contributed by atoms with E-state index in [9.17, 15) is 4.79 Å². The first-order valence-corrected chi connectivity index (χ1v) is 10.8. The first kappa shape index (κ1) is 23.4. The lowest BCUT2D eigenvalue weighted by atomic mass is 10.1. The van der Waals surface area contributed by atoms with Crippen molar-refractivity contribution < 1.29 is 9.53 Å². The van der Waals surface area contributed by atoms with Crippen LogP contribution in [0.15, 0.2) is 72.4 Å². The van der Waals surface area contributed by atoms with Crippen LogP contribution in [0.25, 0.3) is 10.9 Å². The number of ether oxygens (including phenoxy) is 1. The van der Waals surface area contributed by atoms with E-state index in [1.54, 1.807) is 6.08 Å². The number of nitrogens with zero attached hydrogens (tertiary/aromatic N) is 1. The molecule has 1 heterocycles. The van der Waals surface area contributed by atoms with Gasteiger partial charge in [0.25, 0.3) is 0 Å². The molecule has 2 aromatic rings. The summed E-state index contributed by atoms with van der Waals surface area (Å²) in [5.41, 5.74) is 2.89. The normalized spacial score (nSPS) is 11.7. The molecule has 0 radical (unpaired) electrons. The Morgan fingerprint density at radius 1 is 1.07 bits per heavy atom. The van der Waals surface area contributed by atoms with E-state index in [0.717, 1.165) is 34.9 Å². The number of amides is 1. The summed E-state index contributed by atoms with van der Waals surface area (Å²) in [4.78, 5) is 16.2. The van der Waals surface area contributed by atoms with E-state index < -0.39 is 0 Å². The van der Waals surface area contributed by atoms with Gasteiger partial charge in [-0.2, -0.15) is 0 Å². The lowest BCUT2D eigenvalue weighted by molar-refractivity contribution is -0.116. The predicted octanol–water partition coefficient (Wildman–Crippen LogP) is 6.15. The lowest BCUT2D eigenvalue weighted by Gasteiger charge is -2.06. The zero-order chi connectivity index (χ0) is 21.6. The van der Waals surface area contributed by atoms with E-state index in [1.807, 2.05) is 44.2 Å². The van der Waals surface area contributed by atoms with Crippen molar-refractivity contribution >= 4 is 16.8 Å². The number of para-hydroxylation sites is 1. The van der Waals surface area contributed by atoms with Gasteiger partial charge in [0.05, 0.1) is 12.1 Å². The third-order valence-corrected chi connectivity index (χ3v) is 4.64. The maximum atomic E-state index is 11.7. The number of unbranched alkanes of at least 4 members (excludes halogenated alkanes) is 5. The van der Waals surface area contributed by atoms with Gasteiger partial charge in [-0.1, -0.05) is 61.8 Å². The molecule has 0 aliphatic carbocycles. The van der Waals surface area contributed by atoms with Gasteiger partial charge in [0.15, 0.2) is 0 Å². The minimum Gasteiger partial charge on any atom is -0.478 e. The van der Waals surface area contributed by atoms with E-state index in [1.165, 1.54) is 25.7 Å². The molecule has 1 aromatic heterocycles. The number of carbonyl (C=O) groups is 1. The molecule has 0 fully saturated rings. The van der Waals surface area contributed by atoms with Crippen LogP contribution in [-0.2, 0) is 4.79 Å². The lowest BCUT2D eigenvalue weighted by Crippen LogP contribution is -2.22. The number of hydrogen-bond acceptors (Lipinski definition) is 3. The minimum absolute atomic E-state index is 0.0683. The topological polar surface area (TPSA) is 51.2 Å². The standard InChI is InChI=1S/C26H34N2O2/c1-21(2)20-27-25(29)19-22(3)13-9-7-5-4-6-8-12-18-30-26-17-16-23-14-10-11-15-24(23)28-26/h9-11,13-17,19H,1,4-8,12,18,20H2,2-3H3,(H,27,29). The van der Waals surface area contributed by atoms with Gasteiger partial charge in [-0.05, 0) is 50.8 Å². The van der Waals surface area contributed by atoms with Crippen LogP contribution in [0, 0.1) is 0 Å². The molecule has 4 nitrogen and oxygen atoms in total. The molecular formula is C26H34N2O2. The van der Waals surface area contributed by atoms with Gasteiger partial charge in [-0.15, -0.1) is 0 Å². The Morgan fingerprint density at radius 3 is 2.67 bits per heavy atom. The van der Waals surface area contributed by atoms with Crippen LogP contribution in [0.1, 0.15) is 52.4 Å². The van der Waals surface area contributed by atoms with E-state index in [2.05, 4.69) is 35.1 Å². The average Bonchev–Trinajstić information content (AvgIpc) is 2.73. The van der Waals surface area contributed by atoms with Gasteiger partial charge in [0.1, 0.15) is 0 Å². The van der Waals surface area contributed by atoms with Crippen LogP contribution in [-0.4, -0.2) is 24.0 Å². The van der Waals surface area contributed by atoms with Gasteiger partial charge >= 0.3 is 0 Å². The van der Waals surface area contributed by atoms with Crippen LogP contribution in [0.4, 0.5) is 0 Å². The summed E-state index contributed by atoms with van der Waals surface area (Å²) in [5.74, 6) is 0.636. The Bertz CT molecular complexity index is 883. The molecule has 0 aliphatic rings. The van der Waals surface area contributed by atoms with E-state index in [0.29, 0.717) is 19.0 Å². The number of aromatic nitrogens is 1.